The van der Waals surface area contributed by atoms with Crippen molar-refractivity contribution in [1.82, 2.24) is 10.6 Å². The molecular weight excluding hydrogens is 326 g/mol. The zero-order chi connectivity index (χ0) is 16.7. The lowest BCUT2D eigenvalue weighted by Gasteiger charge is -2.26. The van der Waals surface area contributed by atoms with Crippen LogP contribution >= 0.6 is 12.4 Å². The van der Waals surface area contributed by atoms with Crippen LogP contribution in [0.15, 0.2) is 18.2 Å². The van der Waals surface area contributed by atoms with Crippen LogP contribution in [0.5, 0.6) is 0 Å². The summed E-state index contributed by atoms with van der Waals surface area (Å²) in [6.07, 6.45) is 6.37. The van der Waals surface area contributed by atoms with Gasteiger partial charge in [0.15, 0.2) is 0 Å². The van der Waals surface area contributed by atoms with E-state index >= 15 is 0 Å². The molecule has 134 valence electrons. The van der Waals surface area contributed by atoms with Crippen molar-refractivity contribution >= 4 is 29.9 Å². The van der Waals surface area contributed by atoms with Gasteiger partial charge in [-0.1, -0.05) is 12.5 Å². The first-order valence-electron chi connectivity index (χ1n) is 8.48. The average Bonchev–Trinajstić information content (AvgIpc) is 2.50. The Bertz CT molecular complexity index is 563. The number of carbonyl (C=O) groups is 2. The number of anilines is 1. The summed E-state index contributed by atoms with van der Waals surface area (Å²) < 4.78 is 0. The smallest absolute Gasteiger partial charge is 0.220 e. The van der Waals surface area contributed by atoms with Crippen molar-refractivity contribution in [3.05, 3.63) is 29.3 Å². The van der Waals surface area contributed by atoms with Crippen molar-refractivity contribution in [3.8, 4) is 0 Å². The number of nitrogens with one attached hydrogen (secondary N) is 2. The van der Waals surface area contributed by atoms with Gasteiger partial charge in [-0.25, -0.2) is 0 Å². The molecule has 1 aliphatic carbocycles. The Morgan fingerprint density at radius 2 is 2.04 bits per heavy atom. The summed E-state index contributed by atoms with van der Waals surface area (Å²) >= 11 is 0. The summed E-state index contributed by atoms with van der Waals surface area (Å²) in [4.78, 5) is 22.9. The number of nitrogen functional groups attached to an aromatic ring is 1. The van der Waals surface area contributed by atoms with Crippen LogP contribution in [0, 0.1) is 0 Å². The van der Waals surface area contributed by atoms with E-state index in [1.54, 1.807) is 0 Å². The molecule has 2 rings (SSSR count). The largest absolute Gasteiger partial charge is 0.399 e. The second-order valence-electron chi connectivity index (χ2n) is 6.26. The summed E-state index contributed by atoms with van der Waals surface area (Å²) in [6.45, 7) is 2.21. The number of rotatable bonds is 7. The first-order chi connectivity index (χ1) is 11.1. The molecule has 1 aliphatic rings. The molecule has 0 bridgehead atoms. The molecule has 0 aliphatic heterocycles. The number of aryl methyl sites for hydroxylation is 1. The molecule has 0 aromatic heterocycles. The number of hydrogen-bond donors (Lipinski definition) is 3. The Morgan fingerprint density at radius 1 is 1.25 bits per heavy atom. The van der Waals surface area contributed by atoms with Crippen molar-refractivity contribution in [1.29, 1.82) is 0 Å². The maximum atomic E-state index is 12.1. The predicted molar refractivity (Wildman–Crippen MR) is 99.1 cm³/mol. The second-order valence-corrected chi connectivity index (χ2v) is 6.26. The van der Waals surface area contributed by atoms with Gasteiger partial charge in [0, 0.05) is 25.6 Å². The van der Waals surface area contributed by atoms with E-state index in [4.69, 9.17) is 5.73 Å². The van der Waals surface area contributed by atoms with E-state index in [-0.39, 0.29) is 30.3 Å². The predicted octanol–water partition coefficient (Wildman–Crippen LogP) is 2.88. The van der Waals surface area contributed by atoms with Gasteiger partial charge in [0.25, 0.3) is 0 Å². The van der Waals surface area contributed by atoms with Crippen molar-refractivity contribution in [2.75, 3.05) is 12.3 Å². The Labute approximate surface area is 150 Å². The molecule has 1 aromatic carbocycles. The summed E-state index contributed by atoms with van der Waals surface area (Å²) in [5, 5.41) is 5.92. The quantitative estimate of drug-likeness (QED) is 0.520. The molecule has 1 aromatic rings. The number of nitrogens with two attached hydrogens (primary N) is 1. The molecule has 4 N–H and O–H groups in total. The van der Waals surface area contributed by atoms with Crippen LogP contribution in [-0.4, -0.2) is 18.4 Å². The van der Waals surface area contributed by atoms with Crippen molar-refractivity contribution < 1.29 is 9.59 Å². The zero-order valence-electron chi connectivity index (χ0n) is 14.3. The highest BCUT2D eigenvalue weighted by atomic mass is 35.5. The van der Waals surface area contributed by atoms with E-state index in [9.17, 15) is 9.59 Å². The lowest BCUT2D eigenvalue weighted by atomic mass is 9.87. The van der Waals surface area contributed by atoms with Gasteiger partial charge >= 0.3 is 0 Å². The average molecular weight is 354 g/mol. The van der Waals surface area contributed by atoms with Crippen LogP contribution in [0.3, 0.4) is 0 Å². The lowest BCUT2D eigenvalue weighted by molar-refractivity contribution is -0.122. The second kappa shape index (κ2) is 10.2. The first-order valence-corrected chi connectivity index (χ1v) is 8.48. The van der Waals surface area contributed by atoms with Crippen molar-refractivity contribution in [3.63, 3.8) is 0 Å². The van der Waals surface area contributed by atoms with Crippen LogP contribution in [0.25, 0.3) is 0 Å². The summed E-state index contributed by atoms with van der Waals surface area (Å²) in [5.74, 6) is 0.110. The molecular formula is C18H28ClN3O2. The molecule has 1 unspecified atom stereocenters. The maximum Gasteiger partial charge on any atom is 0.220 e. The van der Waals surface area contributed by atoms with Crippen LogP contribution in [0.4, 0.5) is 5.69 Å². The van der Waals surface area contributed by atoms with E-state index in [1.165, 1.54) is 18.1 Å². The Balaban J connectivity index is 0.00000288. The van der Waals surface area contributed by atoms with E-state index in [2.05, 4.69) is 10.6 Å². The molecule has 0 spiro atoms. The number of fused-ring (bicyclic) bond motifs is 1. The number of carbonyl (C=O) groups excluding carboxylic acids is 2. The summed E-state index contributed by atoms with van der Waals surface area (Å²) in [7, 11) is 0. The normalized spacial score (nSPS) is 15.8. The van der Waals surface area contributed by atoms with Gasteiger partial charge < -0.3 is 16.4 Å². The number of unbranched alkanes of at least 4 members (excludes halogenated alkanes) is 2. The van der Waals surface area contributed by atoms with Crippen LogP contribution in [0.2, 0.25) is 0 Å². The zero-order valence-corrected chi connectivity index (χ0v) is 15.1. The van der Waals surface area contributed by atoms with Crippen LogP contribution < -0.4 is 16.4 Å². The SMILES string of the molecule is CC(=O)NCCCCCC(=O)NC1CCCc2cc(N)ccc21.Cl. The molecule has 0 heterocycles. The fourth-order valence-electron chi connectivity index (χ4n) is 3.10. The van der Waals surface area contributed by atoms with Crippen LogP contribution in [-0.2, 0) is 16.0 Å². The molecule has 0 saturated heterocycles. The number of halogens is 1. The fourth-order valence-corrected chi connectivity index (χ4v) is 3.10. The van der Waals surface area contributed by atoms with Gasteiger partial charge in [-0.3, -0.25) is 9.59 Å². The van der Waals surface area contributed by atoms with Crippen molar-refractivity contribution in [2.45, 2.75) is 57.9 Å². The minimum absolute atomic E-state index is 0. The third kappa shape index (κ3) is 6.40. The van der Waals surface area contributed by atoms with E-state index in [0.29, 0.717) is 13.0 Å². The molecule has 0 saturated carbocycles. The Hall–Kier alpha value is -1.75. The highest BCUT2D eigenvalue weighted by Gasteiger charge is 2.21. The van der Waals surface area contributed by atoms with Gasteiger partial charge in [0.1, 0.15) is 0 Å². The lowest BCUT2D eigenvalue weighted by Crippen LogP contribution is -2.30. The third-order valence-electron chi connectivity index (χ3n) is 4.27. The van der Waals surface area contributed by atoms with Gasteiger partial charge in [0.2, 0.25) is 11.8 Å². The van der Waals surface area contributed by atoms with Gasteiger partial charge in [-0.15, -0.1) is 12.4 Å². The molecule has 0 fully saturated rings. The molecule has 1 atom stereocenters. The molecule has 5 nitrogen and oxygen atoms in total. The first kappa shape index (κ1) is 20.3. The number of hydrogen-bond acceptors (Lipinski definition) is 3. The monoisotopic (exact) mass is 353 g/mol. The topological polar surface area (TPSA) is 84.2 Å². The minimum Gasteiger partial charge on any atom is -0.399 e. The Morgan fingerprint density at radius 3 is 2.79 bits per heavy atom. The van der Waals surface area contributed by atoms with Crippen LogP contribution in [0.1, 0.15) is 62.6 Å². The fraction of sp³-hybridized carbons (Fsp3) is 0.556. The van der Waals surface area contributed by atoms with Crippen molar-refractivity contribution in [2.24, 2.45) is 0 Å². The molecule has 6 heteroatoms. The van der Waals surface area contributed by atoms with Gasteiger partial charge in [0.05, 0.1) is 6.04 Å². The summed E-state index contributed by atoms with van der Waals surface area (Å²) in [5.41, 5.74) is 9.10. The van der Waals surface area contributed by atoms with E-state index < -0.39 is 0 Å². The minimum atomic E-state index is -0.000608. The van der Waals surface area contributed by atoms with E-state index in [1.807, 2.05) is 18.2 Å². The van der Waals surface area contributed by atoms with E-state index in [0.717, 1.165) is 44.2 Å². The van der Waals surface area contributed by atoms with Gasteiger partial charge in [-0.05, 0) is 55.4 Å². The summed E-state index contributed by atoms with van der Waals surface area (Å²) in [6, 6.07) is 6.09. The Kier molecular flexibility index (Phi) is 8.61. The number of amides is 2. The number of benzene rings is 1. The maximum absolute atomic E-state index is 12.1. The highest BCUT2D eigenvalue weighted by Crippen LogP contribution is 2.31. The molecule has 0 radical (unpaired) electrons. The molecule has 24 heavy (non-hydrogen) atoms. The third-order valence-corrected chi connectivity index (χ3v) is 4.27. The highest BCUT2D eigenvalue weighted by molar-refractivity contribution is 5.85. The molecule has 2 amide bonds. The van der Waals surface area contributed by atoms with Gasteiger partial charge in [-0.2, -0.15) is 0 Å². The standard InChI is InChI=1S/C18H27N3O2.ClH/c1-13(22)20-11-4-2-3-8-18(23)21-17-7-5-6-14-12-15(19)9-10-16(14)17;/h9-10,12,17H,2-8,11,19H2,1H3,(H,20,22)(H,21,23);1H.